The average Bonchev–Trinajstić information content (AvgIpc) is 2.87. The van der Waals surface area contributed by atoms with Crippen LogP contribution in [0.2, 0.25) is 0 Å². The van der Waals surface area contributed by atoms with Crippen LogP contribution in [0.4, 0.5) is 15.8 Å². The van der Waals surface area contributed by atoms with Gasteiger partial charge in [0.05, 0.1) is 13.1 Å². The van der Waals surface area contributed by atoms with Crippen LogP contribution >= 0.6 is 0 Å². The molecule has 3 aromatic rings. The van der Waals surface area contributed by atoms with Crippen molar-refractivity contribution in [3.63, 3.8) is 0 Å². The van der Waals surface area contributed by atoms with Gasteiger partial charge in [-0.25, -0.2) is 4.39 Å². The van der Waals surface area contributed by atoms with Crippen LogP contribution in [0.15, 0.2) is 84.9 Å². The van der Waals surface area contributed by atoms with Crippen molar-refractivity contribution in [1.82, 2.24) is 0 Å². The van der Waals surface area contributed by atoms with Crippen molar-refractivity contribution >= 4 is 23.1 Å². The van der Waals surface area contributed by atoms with Gasteiger partial charge in [-0.1, -0.05) is 48.5 Å². The Bertz CT molecular complexity index is 1110. The van der Waals surface area contributed by atoms with Crippen LogP contribution in [0.3, 0.4) is 0 Å². The van der Waals surface area contributed by atoms with E-state index >= 15 is 0 Å². The number of anilines is 2. The van der Waals surface area contributed by atoms with Crippen LogP contribution in [0.1, 0.15) is 30.1 Å². The number of quaternary nitrogens is 1. The highest BCUT2D eigenvalue weighted by Gasteiger charge is 2.48. The number of hydrogen-bond acceptors (Lipinski definition) is 4. The molecule has 6 rings (SSSR count). The molecule has 3 aliphatic heterocycles. The first-order chi connectivity index (χ1) is 16.9. The zero-order chi connectivity index (χ0) is 24.7. The Morgan fingerprint density at radius 2 is 1.46 bits per heavy atom. The summed E-state index contributed by atoms with van der Waals surface area (Å²) < 4.78 is 18.8. The van der Waals surface area contributed by atoms with Gasteiger partial charge in [0.15, 0.2) is 6.10 Å². The minimum Gasteiger partial charge on any atom is -0.456 e. The number of Topliss-reactive ketones (excluding diaryl/α,β-unsaturated/α-hetero) is 1. The molecule has 3 aliphatic rings. The minimum atomic E-state index is -0.219. The molecule has 3 saturated heterocycles. The molecule has 2 bridgehead atoms. The lowest BCUT2D eigenvalue weighted by atomic mass is 9.83. The molecule has 1 N–H and O–H groups in total. The second-order valence-corrected chi connectivity index (χ2v) is 9.40. The van der Waals surface area contributed by atoms with Gasteiger partial charge in [0, 0.05) is 42.6 Å². The lowest BCUT2D eigenvalue weighted by molar-refractivity contribution is -0.938. The molecule has 3 heterocycles. The second-order valence-electron chi connectivity index (χ2n) is 9.40. The van der Waals surface area contributed by atoms with Crippen molar-refractivity contribution in [3.8, 4) is 0 Å². The minimum absolute atomic E-state index is 0.00595. The lowest BCUT2D eigenvalue weighted by Gasteiger charge is -2.51. The Morgan fingerprint density at radius 3 is 2.06 bits per heavy atom. The Labute approximate surface area is 206 Å². The highest BCUT2D eigenvalue weighted by molar-refractivity contribution is 5.96. The van der Waals surface area contributed by atoms with E-state index in [1.54, 1.807) is 12.1 Å². The number of carbonyl (C=O) groups is 2. The van der Waals surface area contributed by atoms with E-state index in [0.717, 1.165) is 53.9 Å². The molecule has 0 spiro atoms. The molecule has 3 fully saturated rings. The highest BCUT2D eigenvalue weighted by atomic mass is 19.1. The van der Waals surface area contributed by atoms with Crippen molar-refractivity contribution in [2.24, 2.45) is 5.92 Å². The number of nitrogens with one attached hydrogen (secondary N) is 1. The summed E-state index contributed by atoms with van der Waals surface area (Å²) in [7, 11) is 0. The zero-order valence-electron chi connectivity index (χ0n) is 20.0. The summed E-state index contributed by atoms with van der Waals surface area (Å²) in [5.74, 6) is 0.253. The normalized spacial score (nSPS) is 22.5. The van der Waals surface area contributed by atoms with E-state index in [1.807, 2.05) is 60.7 Å². The molecule has 1 unspecified atom stereocenters. The number of para-hydroxylation sites is 1. The quantitative estimate of drug-likeness (QED) is 0.286. The Balaban J connectivity index is 0.000000179. The number of nitrogens with zero attached hydrogens (tertiary/aromatic N) is 1. The molecule has 0 saturated carbocycles. The van der Waals surface area contributed by atoms with Gasteiger partial charge in [0.2, 0.25) is 5.78 Å². The molecular formula is C29H32FN2O3+. The molecule has 0 amide bonds. The first kappa shape index (κ1) is 24.6. The summed E-state index contributed by atoms with van der Waals surface area (Å²) >= 11 is 0. The topological polar surface area (TPSA) is 55.4 Å². The number of ether oxygens (including phenoxy) is 1. The standard InChI is InChI=1S/C17H22NO3.C12H10FN/c1-13(19)21-17-12-18(9-7-15(17)8-10-18)11-16(20)14-5-3-2-4-6-14;13-10-6-8-12(9-7-10)14-11-4-2-1-3-5-11/h2-6,15,17H,7-12H2,1H3;1-9,14H/q+1;. The third-order valence-electron chi connectivity index (χ3n) is 6.84. The number of piperidine rings is 3. The fourth-order valence-corrected chi connectivity index (χ4v) is 5.03. The van der Waals surface area contributed by atoms with Crippen LogP contribution in [0, 0.1) is 11.7 Å². The van der Waals surface area contributed by atoms with Crippen LogP contribution in [-0.4, -0.2) is 48.5 Å². The summed E-state index contributed by atoms with van der Waals surface area (Å²) in [6, 6.07) is 25.5. The maximum absolute atomic E-state index is 12.6. The van der Waals surface area contributed by atoms with Gasteiger partial charge in [-0.15, -0.1) is 0 Å². The fraction of sp³-hybridized carbons (Fsp3) is 0.310. The monoisotopic (exact) mass is 475 g/mol. The summed E-state index contributed by atoms with van der Waals surface area (Å²) in [6.45, 7) is 4.84. The van der Waals surface area contributed by atoms with E-state index in [4.69, 9.17) is 4.74 Å². The average molecular weight is 476 g/mol. The van der Waals surface area contributed by atoms with Crippen molar-refractivity contribution in [1.29, 1.82) is 0 Å². The van der Waals surface area contributed by atoms with E-state index in [9.17, 15) is 14.0 Å². The molecule has 1 atom stereocenters. The predicted octanol–water partition coefficient (Wildman–Crippen LogP) is 5.61. The second kappa shape index (κ2) is 11.3. The van der Waals surface area contributed by atoms with Gasteiger partial charge in [-0.3, -0.25) is 9.59 Å². The first-order valence-corrected chi connectivity index (χ1v) is 12.1. The molecule has 0 aliphatic carbocycles. The van der Waals surface area contributed by atoms with Crippen molar-refractivity contribution in [2.45, 2.75) is 25.9 Å². The van der Waals surface area contributed by atoms with E-state index < -0.39 is 0 Å². The molecule has 3 aromatic carbocycles. The molecule has 0 radical (unpaired) electrons. The Morgan fingerprint density at radius 1 is 0.886 bits per heavy atom. The highest BCUT2D eigenvalue weighted by Crippen LogP contribution is 2.35. The van der Waals surface area contributed by atoms with Crippen LogP contribution < -0.4 is 5.32 Å². The number of ketones is 1. The smallest absolute Gasteiger partial charge is 0.303 e. The summed E-state index contributed by atoms with van der Waals surface area (Å²) in [5, 5.41) is 3.16. The first-order valence-electron chi connectivity index (χ1n) is 12.1. The Kier molecular flexibility index (Phi) is 7.93. The van der Waals surface area contributed by atoms with Crippen LogP contribution in [-0.2, 0) is 9.53 Å². The van der Waals surface area contributed by atoms with Crippen LogP contribution in [0.5, 0.6) is 0 Å². The van der Waals surface area contributed by atoms with Gasteiger partial charge in [0.1, 0.15) is 18.9 Å². The molecule has 6 heteroatoms. The molecule has 5 nitrogen and oxygen atoms in total. The van der Waals surface area contributed by atoms with Gasteiger partial charge < -0.3 is 14.5 Å². The number of benzene rings is 3. The molecule has 0 aromatic heterocycles. The Hall–Kier alpha value is -3.51. The maximum Gasteiger partial charge on any atom is 0.303 e. The summed E-state index contributed by atoms with van der Waals surface area (Å²) in [6.07, 6.45) is 2.11. The van der Waals surface area contributed by atoms with Crippen LogP contribution in [0.25, 0.3) is 0 Å². The van der Waals surface area contributed by atoms with Gasteiger partial charge >= 0.3 is 5.97 Å². The number of esters is 1. The lowest BCUT2D eigenvalue weighted by Crippen LogP contribution is -2.65. The zero-order valence-corrected chi connectivity index (χ0v) is 20.0. The maximum atomic E-state index is 12.6. The van der Waals surface area contributed by atoms with Gasteiger partial charge in [-0.2, -0.15) is 0 Å². The number of rotatable bonds is 6. The van der Waals surface area contributed by atoms with E-state index in [-0.39, 0.29) is 23.7 Å². The molecule has 182 valence electrons. The number of fused-ring (bicyclic) bond motifs is 3. The SMILES string of the molecule is CC(=O)OC1C[N+]2(CC(=O)c3ccccc3)CCC1CC2.Fc1ccc(Nc2ccccc2)cc1. The van der Waals surface area contributed by atoms with Gasteiger partial charge in [0.25, 0.3) is 0 Å². The third-order valence-corrected chi connectivity index (χ3v) is 6.84. The molecule has 35 heavy (non-hydrogen) atoms. The van der Waals surface area contributed by atoms with Crippen molar-refractivity contribution in [3.05, 3.63) is 96.3 Å². The van der Waals surface area contributed by atoms with Crippen molar-refractivity contribution in [2.75, 3.05) is 31.5 Å². The third kappa shape index (κ3) is 6.76. The number of halogens is 1. The summed E-state index contributed by atoms with van der Waals surface area (Å²) in [4.78, 5) is 23.7. The van der Waals surface area contributed by atoms with E-state index in [1.165, 1.54) is 19.1 Å². The summed E-state index contributed by atoms with van der Waals surface area (Å²) in [5.41, 5.74) is 2.67. The predicted molar refractivity (Wildman–Crippen MR) is 135 cm³/mol. The number of hydrogen-bond donors (Lipinski definition) is 1. The number of carbonyl (C=O) groups excluding carboxylic acids is 2. The largest absolute Gasteiger partial charge is 0.456 e. The fourth-order valence-electron chi connectivity index (χ4n) is 5.03. The van der Waals surface area contributed by atoms with Crippen molar-refractivity contribution < 1.29 is 23.2 Å². The van der Waals surface area contributed by atoms with Gasteiger partial charge in [-0.05, 0) is 36.4 Å². The van der Waals surface area contributed by atoms with E-state index in [2.05, 4.69) is 5.32 Å². The van der Waals surface area contributed by atoms with E-state index in [0.29, 0.717) is 12.5 Å². The molecular weight excluding hydrogens is 443 g/mol.